The highest BCUT2D eigenvalue weighted by Gasteiger charge is 2.26. The second kappa shape index (κ2) is 5.27. The fourth-order valence-electron chi connectivity index (χ4n) is 2.12. The Morgan fingerprint density at radius 1 is 1.50 bits per heavy atom. The second-order valence-electron chi connectivity index (χ2n) is 4.19. The lowest BCUT2D eigenvalue weighted by Crippen LogP contribution is -2.43. The average Bonchev–Trinajstić information content (AvgIpc) is 2.26. The minimum atomic E-state index is 0.164. The van der Waals surface area contributed by atoms with Gasteiger partial charge in [0.05, 0.1) is 6.61 Å². The molecule has 1 fully saturated rings. The molecule has 0 aliphatic heterocycles. The molecule has 16 heavy (non-hydrogen) atoms. The van der Waals surface area contributed by atoms with Crippen molar-refractivity contribution in [3.05, 3.63) is 23.9 Å². The molecule has 1 heterocycles. The van der Waals surface area contributed by atoms with Crippen molar-refractivity contribution in [2.45, 2.75) is 31.8 Å². The molecule has 1 aliphatic rings. The van der Waals surface area contributed by atoms with Gasteiger partial charge in [0.15, 0.2) is 0 Å². The van der Waals surface area contributed by atoms with Crippen LogP contribution in [0.1, 0.15) is 24.8 Å². The number of anilines is 1. The van der Waals surface area contributed by atoms with E-state index < -0.39 is 0 Å². The quantitative estimate of drug-likeness (QED) is 0.775. The zero-order valence-electron chi connectivity index (χ0n) is 9.47. The van der Waals surface area contributed by atoms with E-state index in [1.54, 1.807) is 6.20 Å². The van der Waals surface area contributed by atoms with Gasteiger partial charge in [0.2, 0.25) is 0 Å². The van der Waals surface area contributed by atoms with Gasteiger partial charge in [0, 0.05) is 30.9 Å². The van der Waals surface area contributed by atoms with E-state index in [1.807, 2.05) is 12.1 Å². The van der Waals surface area contributed by atoms with Gasteiger partial charge in [-0.15, -0.1) is 0 Å². The highest BCUT2D eigenvalue weighted by Crippen LogP contribution is 2.29. The first-order valence-electron chi connectivity index (χ1n) is 5.88. The van der Waals surface area contributed by atoms with Gasteiger partial charge < -0.3 is 15.7 Å². The van der Waals surface area contributed by atoms with Crippen LogP contribution in [0.5, 0.6) is 0 Å². The monoisotopic (exact) mass is 221 g/mol. The van der Waals surface area contributed by atoms with Crippen LogP contribution in [0.15, 0.2) is 18.3 Å². The maximum absolute atomic E-state index is 9.13. The zero-order chi connectivity index (χ0) is 11.4. The van der Waals surface area contributed by atoms with Gasteiger partial charge in [0.25, 0.3) is 0 Å². The van der Waals surface area contributed by atoms with Crippen LogP contribution in [0.25, 0.3) is 0 Å². The molecular weight excluding hydrogens is 202 g/mol. The van der Waals surface area contributed by atoms with Crippen LogP contribution >= 0.6 is 0 Å². The number of pyridine rings is 1. The maximum Gasteiger partial charge on any atom is 0.133 e. The molecule has 0 atom stereocenters. The number of rotatable bonds is 5. The van der Waals surface area contributed by atoms with Crippen LogP contribution in [-0.4, -0.2) is 29.3 Å². The van der Waals surface area contributed by atoms with Crippen LogP contribution in [-0.2, 0) is 6.54 Å². The smallest absolute Gasteiger partial charge is 0.133 e. The summed E-state index contributed by atoms with van der Waals surface area (Å²) in [5.74, 6) is 0.948. The molecule has 1 aromatic heterocycles. The minimum absolute atomic E-state index is 0.164. The molecule has 0 unspecified atom stereocenters. The van der Waals surface area contributed by atoms with Gasteiger partial charge >= 0.3 is 0 Å². The summed E-state index contributed by atoms with van der Waals surface area (Å²) in [4.78, 5) is 6.61. The summed E-state index contributed by atoms with van der Waals surface area (Å²) in [5, 5.41) is 9.13. The lowest BCUT2D eigenvalue weighted by atomic mass is 9.91. The van der Waals surface area contributed by atoms with E-state index >= 15 is 0 Å². The highest BCUT2D eigenvalue weighted by molar-refractivity contribution is 5.48. The molecule has 0 radical (unpaired) electrons. The molecule has 3 N–H and O–H groups in total. The van der Waals surface area contributed by atoms with E-state index in [0.717, 1.165) is 11.4 Å². The van der Waals surface area contributed by atoms with Gasteiger partial charge in [-0.2, -0.15) is 0 Å². The van der Waals surface area contributed by atoms with Crippen LogP contribution in [0, 0.1) is 0 Å². The second-order valence-corrected chi connectivity index (χ2v) is 4.19. The number of nitrogens with zero attached hydrogens (tertiary/aromatic N) is 2. The third kappa shape index (κ3) is 2.18. The van der Waals surface area contributed by atoms with Crippen LogP contribution < -0.4 is 10.6 Å². The molecule has 4 heteroatoms. The van der Waals surface area contributed by atoms with Crippen molar-refractivity contribution in [1.82, 2.24) is 4.98 Å². The Kier molecular flexibility index (Phi) is 3.74. The van der Waals surface area contributed by atoms with Gasteiger partial charge in [-0.25, -0.2) is 4.98 Å². The summed E-state index contributed by atoms with van der Waals surface area (Å²) < 4.78 is 0. The summed E-state index contributed by atoms with van der Waals surface area (Å²) in [6.45, 7) is 1.31. The molecular formula is C12H19N3O. The summed E-state index contributed by atoms with van der Waals surface area (Å²) in [7, 11) is 0. The first kappa shape index (κ1) is 11.4. The number of hydrogen-bond donors (Lipinski definition) is 2. The van der Waals surface area contributed by atoms with Crippen molar-refractivity contribution in [3.63, 3.8) is 0 Å². The largest absolute Gasteiger partial charge is 0.395 e. The summed E-state index contributed by atoms with van der Waals surface area (Å²) in [5.41, 5.74) is 6.77. The number of aromatic nitrogens is 1. The van der Waals surface area contributed by atoms with Gasteiger partial charge in [-0.05, 0) is 25.3 Å². The Morgan fingerprint density at radius 2 is 2.31 bits per heavy atom. The van der Waals surface area contributed by atoms with E-state index in [1.165, 1.54) is 19.3 Å². The molecule has 1 aromatic rings. The number of aliphatic hydroxyl groups is 1. The van der Waals surface area contributed by atoms with Crippen molar-refractivity contribution in [3.8, 4) is 0 Å². The standard InChI is InChI=1S/C12H19N3O/c13-9-10-3-2-6-14-12(10)15(7-8-16)11-4-1-5-11/h2-3,6,11,16H,1,4-5,7-9,13H2. The fourth-order valence-corrected chi connectivity index (χ4v) is 2.12. The predicted molar refractivity (Wildman–Crippen MR) is 64.2 cm³/mol. The average molecular weight is 221 g/mol. The zero-order valence-corrected chi connectivity index (χ0v) is 9.47. The molecule has 1 saturated carbocycles. The van der Waals surface area contributed by atoms with E-state index in [2.05, 4.69) is 9.88 Å². The summed E-state index contributed by atoms with van der Waals surface area (Å²) in [6, 6.07) is 4.45. The number of nitrogens with two attached hydrogens (primary N) is 1. The highest BCUT2D eigenvalue weighted by atomic mass is 16.3. The molecule has 0 spiro atoms. The third-order valence-corrected chi connectivity index (χ3v) is 3.22. The lowest BCUT2D eigenvalue weighted by molar-refractivity contribution is 0.282. The SMILES string of the molecule is NCc1cccnc1N(CCO)C1CCC1. The Balaban J connectivity index is 2.22. The van der Waals surface area contributed by atoms with Crippen molar-refractivity contribution in [1.29, 1.82) is 0 Å². The lowest BCUT2D eigenvalue weighted by Gasteiger charge is -2.38. The molecule has 0 amide bonds. The predicted octanol–water partition coefficient (Wildman–Crippen LogP) is 0.891. The van der Waals surface area contributed by atoms with E-state index in [9.17, 15) is 0 Å². The fraction of sp³-hybridized carbons (Fsp3) is 0.583. The number of hydrogen-bond acceptors (Lipinski definition) is 4. The van der Waals surface area contributed by atoms with Crippen LogP contribution in [0.3, 0.4) is 0 Å². The van der Waals surface area contributed by atoms with E-state index in [-0.39, 0.29) is 6.61 Å². The molecule has 0 aromatic carbocycles. The van der Waals surface area contributed by atoms with Crippen molar-refractivity contribution < 1.29 is 5.11 Å². The summed E-state index contributed by atoms with van der Waals surface area (Å²) in [6.07, 6.45) is 5.45. The summed E-state index contributed by atoms with van der Waals surface area (Å²) >= 11 is 0. The minimum Gasteiger partial charge on any atom is -0.395 e. The van der Waals surface area contributed by atoms with Gasteiger partial charge in [0.1, 0.15) is 5.82 Å². The van der Waals surface area contributed by atoms with Gasteiger partial charge in [-0.3, -0.25) is 0 Å². The molecule has 88 valence electrons. The molecule has 2 rings (SSSR count). The number of aliphatic hydroxyl groups excluding tert-OH is 1. The van der Waals surface area contributed by atoms with E-state index in [4.69, 9.17) is 10.8 Å². The Hall–Kier alpha value is -1.13. The molecule has 0 bridgehead atoms. The van der Waals surface area contributed by atoms with Crippen molar-refractivity contribution in [2.75, 3.05) is 18.1 Å². The molecule has 0 saturated heterocycles. The van der Waals surface area contributed by atoms with E-state index in [0.29, 0.717) is 19.1 Å². The van der Waals surface area contributed by atoms with Gasteiger partial charge in [-0.1, -0.05) is 6.07 Å². The third-order valence-electron chi connectivity index (χ3n) is 3.22. The molecule has 4 nitrogen and oxygen atoms in total. The first-order chi connectivity index (χ1) is 7.86. The van der Waals surface area contributed by atoms with Crippen molar-refractivity contribution >= 4 is 5.82 Å². The van der Waals surface area contributed by atoms with Crippen LogP contribution in [0.2, 0.25) is 0 Å². The normalized spacial score (nSPS) is 15.9. The Bertz CT molecular complexity index is 339. The Morgan fingerprint density at radius 3 is 2.88 bits per heavy atom. The maximum atomic E-state index is 9.13. The van der Waals surface area contributed by atoms with Crippen molar-refractivity contribution in [2.24, 2.45) is 5.73 Å². The topological polar surface area (TPSA) is 62.4 Å². The van der Waals surface area contributed by atoms with Crippen LogP contribution in [0.4, 0.5) is 5.82 Å². The Labute approximate surface area is 96.1 Å². The molecule has 1 aliphatic carbocycles. The first-order valence-corrected chi connectivity index (χ1v) is 5.88.